The maximum Gasteiger partial charge on any atom is 0.276 e. The molecule has 11 heavy (non-hydrogen) atoms. The van der Waals surface area contributed by atoms with Gasteiger partial charge in [0.2, 0.25) is 0 Å². The van der Waals surface area contributed by atoms with E-state index in [9.17, 15) is 4.79 Å². The van der Waals surface area contributed by atoms with E-state index in [0.717, 1.165) is 19.6 Å². The lowest BCUT2D eigenvalue weighted by Gasteiger charge is -2.35. The lowest BCUT2D eigenvalue weighted by atomic mass is 10.2. The fourth-order valence-electron chi connectivity index (χ4n) is 1.05. The number of nitrogens with one attached hydrogen (secondary N) is 1. The van der Waals surface area contributed by atoms with E-state index in [1.807, 2.05) is 0 Å². The summed E-state index contributed by atoms with van der Waals surface area (Å²) in [5.41, 5.74) is 0. The first-order chi connectivity index (χ1) is 5.18. The minimum Gasteiger partial charge on any atom is -0.390 e. The Bertz CT molecular complexity index is 148. The molecule has 1 fully saturated rings. The van der Waals surface area contributed by atoms with Crippen LogP contribution in [0.3, 0.4) is 0 Å². The van der Waals surface area contributed by atoms with E-state index in [0.29, 0.717) is 6.54 Å². The molecule has 2 N–H and O–H groups in total. The van der Waals surface area contributed by atoms with Gasteiger partial charge in [-0.1, -0.05) is 12.6 Å². The molecule has 1 aliphatic heterocycles. The number of β-amino-alcohol motifs (C(OH)–C–C–N with tert-alkyl or cyclic N) is 1. The molecule has 4 nitrogen and oxygen atoms in total. The fraction of sp³-hybridized carbons (Fsp3) is 0.833. The van der Waals surface area contributed by atoms with Crippen LogP contribution in [0.25, 0.3) is 0 Å². The highest BCUT2D eigenvalue weighted by atomic mass is 32.1. The number of carbonyl (C=O) groups excluding carboxylic acids is 1. The molecule has 0 aromatic rings. The summed E-state index contributed by atoms with van der Waals surface area (Å²) in [5, 5.41) is 11.1. The third-order valence-electron chi connectivity index (χ3n) is 1.64. The SMILES string of the molecule is O=C(S)NCCN1CC(O)C1. The lowest BCUT2D eigenvalue weighted by Crippen LogP contribution is -2.52. The van der Waals surface area contributed by atoms with Gasteiger partial charge in [0.25, 0.3) is 5.24 Å². The second-order valence-corrected chi connectivity index (χ2v) is 3.05. The molecule has 0 unspecified atom stereocenters. The molecule has 0 radical (unpaired) electrons. The Balaban J connectivity index is 1.92. The smallest absolute Gasteiger partial charge is 0.276 e. The second kappa shape index (κ2) is 3.94. The molecule has 0 spiro atoms. The molecule has 1 rings (SSSR count). The maximum absolute atomic E-state index is 10.3. The van der Waals surface area contributed by atoms with Gasteiger partial charge in [0, 0.05) is 26.2 Å². The van der Waals surface area contributed by atoms with Gasteiger partial charge in [0.15, 0.2) is 0 Å². The van der Waals surface area contributed by atoms with Crippen LogP contribution in [-0.2, 0) is 0 Å². The second-order valence-electron chi connectivity index (χ2n) is 2.65. The molecule has 0 bridgehead atoms. The van der Waals surface area contributed by atoms with Crippen molar-refractivity contribution >= 4 is 17.9 Å². The monoisotopic (exact) mass is 176 g/mol. The summed E-state index contributed by atoms with van der Waals surface area (Å²) in [7, 11) is 0. The molecule has 0 aromatic heterocycles. The van der Waals surface area contributed by atoms with Crippen molar-refractivity contribution in [2.24, 2.45) is 0 Å². The van der Waals surface area contributed by atoms with Crippen LogP contribution in [0.2, 0.25) is 0 Å². The van der Waals surface area contributed by atoms with Crippen molar-refractivity contribution in [2.45, 2.75) is 6.10 Å². The molecular weight excluding hydrogens is 164 g/mol. The summed E-state index contributed by atoms with van der Waals surface area (Å²) < 4.78 is 0. The zero-order chi connectivity index (χ0) is 8.27. The van der Waals surface area contributed by atoms with Crippen molar-refractivity contribution in [3.63, 3.8) is 0 Å². The zero-order valence-corrected chi connectivity index (χ0v) is 7.05. The highest BCUT2D eigenvalue weighted by Gasteiger charge is 2.23. The summed E-state index contributed by atoms with van der Waals surface area (Å²) in [6.07, 6.45) is -0.165. The fourth-order valence-corrected chi connectivity index (χ4v) is 1.16. The maximum atomic E-state index is 10.3. The van der Waals surface area contributed by atoms with Crippen LogP contribution in [0.4, 0.5) is 4.79 Å². The third-order valence-corrected chi connectivity index (χ3v) is 1.80. The Hall–Kier alpha value is -0.260. The van der Waals surface area contributed by atoms with E-state index in [2.05, 4.69) is 22.8 Å². The van der Waals surface area contributed by atoms with Gasteiger partial charge in [-0.3, -0.25) is 9.69 Å². The largest absolute Gasteiger partial charge is 0.390 e. The predicted molar refractivity (Wildman–Crippen MR) is 44.8 cm³/mol. The van der Waals surface area contributed by atoms with Crippen molar-refractivity contribution in [3.8, 4) is 0 Å². The van der Waals surface area contributed by atoms with Crippen LogP contribution in [-0.4, -0.2) is 47.5 Å². The van der Waals surface area contributed by atoms with Gasteiger partial charge in [0.1, 0.15) is 0 Å². The van der Waals surface area contributed by atoms with Gasteiger partial charge in [0.05, 0.1) is 6.10 Å². The van der Waals surface area contributed by atoms with Gasteiger partial charge >= 0.3 is 0 Å². The average molecular weight is 176 g/mol. The molecule has 0 atom stereocenters. The van der Waals surface area contributed by atoms with Crippen molar-refractivity contribution in [1.82, 2.24) is 10.2 Å². The van der Waals surface area contributed by atoms with E-state index in [1.54, 1.807) is 0 Å². The molecule has 1 heterocycles. The number of aliphatic hydroxyl groups excluding tert-OH is 1. The zero-order valence-electron chi connectivity index (χ0n) is 6.16. The summed E-state index contributed by atoms with van der Waals surface area (Å²) in [6, 6.07) is 0. The van der Waals surface area contributed by atoms with Crippen molar-refractivity contribution < 1.29 is 9.90 Å². The molecule has 0 saturated carbocycles. The quantitative estimate of drug-likeness (QED) is 0.499. The normalized spacial score (nSPS) is 19.5. The number of hydrogen-bond acceptors (Lipinski definition) is 3. The summed E-state index contributed by atoms with van der Waals surface area (Å²) >= 11 is 3.55. The van der Waals surface area contributed by atoms with Crippen LogP contribution in [0.1, 0.15) is 0 Å². The molecule has 0 aliphatic carbocycles. The van der Waals surface area contributed by atoms with E-state index >= 15 is 0 Å². The summed E-state index contributed by atoms with van der Waals surface area (Å²) in [6.45, 7) is 2.85. The van der Waals surface area contributed by atoms with Crippen LogP contribution in [0.15, 0.2) is 0 Å². The summed E-state index contributed by atoms with van der Waals surface area (Å²) in [4.78, 5) is 12.3. The topological polar surface area (TPSA) is 52.6 Å². The Morgan fingerprint density at radius 3 is 2.82 bits per heavy atom. The van der Waals surface area contributed by atoms with Gasteiger partial charge in [-0.05, 0) is 0 Å². The van der Waals surface area contributed by atoms with Gasteiger partial charge in [-0.15, -0.1) is 0 Å². The number of amides is 1. The van der Waals surface area contributed by atoms with Gasteiger partial charge < -0.3 is 10.4 Å². The van der Waals surface area contributed by atoms with Gasteiger partial charge in [-0.2, -0.15) is 0 Å². The molecule has 0 aromatic carbocycles. The Kier molecular flexibility index (Phi) is 3.16. The van der Waals surface area contributed by atoms with Crippen LogP contribution in [0, 0.1) is 0 Å². The number of rotatable bonds is 3. The summed E-state index contributed by atoms with van der Waals surface area (Å²) in [5.74, 6) is 0. The molecular formula is C6H12N2O2S. The number of aliphatic hydroxyl groups is 1. The minimum absolute atomic E-state index is 0.165. The molecule has 1 amide bonds. The van der Waals surface area contributed by atoms with Crippen LogP contribution in [0.5, 0.6) is 0 Å². The van der Waals surface area contributed by atoms with E-state index in [1.165, 1.54) is 0 Å². The Morgan fingerprint density at radius 1 is 1.73 bits per heavy atom. The Labute approximate surface area is 71.0 Å². The van der Waals surface area contributed by atoms with Crippen LogP contribution >= 0.6 is 12.6 Å². The number of nitrogens with zero attached hydrogens (tertiary/aromatic N) is 1. The first-order valence-electron chi connectivity index (χ1n) is 3.55. The number of carbonyl (C=O) groups is 1. The highest BCUT2D eigenvalue weighted by Crippen LogP contribution is 2.04. The van der Waals surface area contributed by atoms with E-state index in [-0.39, 0.29) is 11.3 Å². The third kappa shape index (κ3) is 3.09. The lowest BCUT2D eigenvalue weighted by molar-refractivity contribution is 0.00370. The Morgan fingerprint density at radius 2 is 2.36 bits per heavy atom. The molecule has 1 saturated heterocycles. The van der Waals surface area contributed by atoms with Crippen LogP contribution < -0.4 is 5.32 Å². The first-order valence-corrected chi connectivity index (χ1v) is 4.00. The highest BCUT2D eigenvalue weighted by molar-refractivity contribution is 7.96. The van der Waals surface area contributed by atoms with Gasteiger partial charge in [-0.25, -0.2) is 0 Å². The van der Waals surface area contributed by atoms with Crippen molar-refractivity contribution in [3.05, 3.63) is 0 Å². The standard InChI is InChI=1S/C6H12N2O2S/c9-5-3-8(4-5)2-1-7-6(10)11/h5,9H,1-4H2,(H2,7,10,11). The molecule has 1 aliphatic rings. The van der Waals surface area contributed by atoms with Crippen molar-refractivity contribution in [2.75, 3.05) is 26.2 Å². The predicted octanol–water partition coefficient (Wildman–Crippen LogP) is -0.698. The van der Waals surface area contributed by atoms with Crippen molar-refractivity contribution in [1.29, 1.82) is 0 Å². The van der Waals surface area contributed by atoms with E-state index in [4.69, 9.17) is 5.11 Å². The van der Waals surface area contributed by atoms with E-state index < -0.39 is 0 Å². The number of thiol groups is 1. The minimum atomic E-state index is -0.300. The number of likely N-dealkylation sites (tertiary alicyclic amines) is 1. The number of hydrogen-bond donors (Lipinski definition) is 3. The average Bonchev–Trinajstić information content (AvgIpc) is 1.83. The molecule has 5 heteroatoms. The first kappa shape index (κ1) is 8.83. The molecule has 64 valence electrons.